The van der Waals surface area contributed by atoms with Crippen molar-refractivity contribution in [1.82, 2.24) is 0 Å². The van der Waals surface area contributed by atoms with Gasteiger partial charge in [0, 0.05) is 6.07 Å². The van der Waals surface area contributed by atoms with E-state index in [4.69, 9.17) is 15.3 Å². The second-order valence-electron chi connectivity index (χ2n) is 2.92. The van der Waals surface area contributed by atoms with Crippen LogP contribution >= 0.6 is 0 Å². The Morgan fingerprint density at radius 2 is 2.07 bits per heavy atom. The number of hydrogen-bond donors (Lipinski definition) is 5. The smallest absolute Gasteiger partial charge is 0.328 e. The molecule has 1 aromatic carbocycles. The average molecular weight is 213 g/mol. The van der Waals surface area contributed by atoms with Gasteiger partial charge in [0.2, 0.25) is 0 Å². The Hall–Kier alpha value is -1.95. The van der Waals surface area contributed by atoms with E-state index >= 15 is 0 Å². The third kappa shape index (κ3) is 2.75. The fraction of sp³-hybridized carbons (Fsp3) is 0.222. The number of benzene rings is 1. The van der Waals surface area contributed by atoms with E-state index in [1.807, 2.05) is 0 Å². The van der Waals surface area contributed by atoms with Gasteiger partial charge in [-0.3, -0.25) is 0 Å². The van der Waals surface area contributed by atoms with Crippen molar-refractivity contribution < 1.29 is 25.2 Å². The van der Waals surface area contributed by atoms with Crippen LogP contribution in [0.2, 0.25) is 0 Å². The Labute approximate surface area is 85.4 Å². The normalized spacial score (nSPS) is 12.1. The minimum absolute atomic E-state index is 0.131. The van der Waals surface area contributed by atoms with Crippen LogP contribution in [0.15, 0.2) is 18.2 Å². The van der Waals surface area contributed by atoms with Crippen molar-refractivity contribution in [2.24, 2.45) is 0 Å². The Morgan fingerprint density at radius 1 is 1.40 bits per heavy atom. The van der Waals surface area contributed by atoms with Gasteiger partial charge in [-0.25, -0.2) is 4.79 Å². The number of aromatic hydroxyl groups is 2. The predicted octanol–water partition coefficient (Wildman–Crippen LogP) is -0.0448. The largest absolute Gasteiger partial charge is 0.508 e. The maximum absolute atomic E-state index is 10.6. The summed E-state index contributed by atoms with van der Waals surface area (Å²) in [6.45, 7) is -0.602. The van der Waals surface area contributed by atoms with E-state index in [1.165, 1.54) is 12.1 Å². The first kappa shape index (κ1) is 11.1. The second kappa shape index (κ2) is 4.52. The molecule has 0 aliphatic heterocycles. The molecule has 5 N–H and O–H groups in total. The Bertz CT molecular complexity index is 366. The zero-order valence-corrected chi connectivity index (χ0v) is 7.71. The summed E-state index contributed by atoms with van der Waals surface area (Å²) < 4.78 is 0. The fourth-order valence-corrected chi connectivity index (χ4v) is 1.02. The monoisotopic (exact) mass is 213 g/mol. The molecule has 15 heavy (non-hydrogen) atoms. The molecule has 0 saturated carbocycles. The molecule has 1 rings (SSSR count). The summed E-state index contributed by atoms with van der Waals surface area (Å²) in [7, 11) is 0. The maximum Gasteiger partial charge on any atom is 0.328 e. The third-order valence-electron chi connectivity index (χ3n) is 1.79. The summed E-state index contributed by atoms with van der Waals surface area (Å²) in [5, 5.41) is 38.1. The number of phenols is 2. The molecule has 0 aliphatic rings. The number of carboxylic acids is 1. The molecular formula is C9H11NO5. The van der Waals surface area contributed by atoms with E-state index in [0.717, 1.165) is 6.07 Å². The second-order valence-corrected chi connectivity index (χ2v) is 2.92. The third-order valence-corrected chi connectivity index (χ3v) is 1.79. The number of aliphatic hydroxyl groups excluding tert-OH is 1. The number of phenolic OH excluding ortho intramolecular Hbond substituents is 2. The molecule has 1 atom stereocenters. The van der Waals surface area contributed by atoms with Gasteiger partial charge < -0.3 is 25.7 Å². The van der Waals surface area contributed by atoms with Crippen LogP contribution in [0.25, 0.3) is 0 Å². The van der Waals surface area contributed by atoms with Crippen LogP contribution in [0, 0.1) is 0 Å². The molecular weight excluding hydrogens is 202 g/mol. The molecule has 1 aromatic rings. The van der Waals surface area contributed by atoms with Gasteiger partial charge in [-0.15, -0.1) is 0 Å². The van der Waals surface area contributed by atoms with Gasteiger partial charge in [0.25, 0.3) is 0 Å². The summed E-state index contributed by atoms with van der Waals surface area (Å²) in [5.74, 6) is -1.64. The van der Waals surface area contributed by atoms with Crippen molar-refractivity contribution >= 4 is 11.7 Å². The number of carboxylic acid groups (broad SMARTS) is 1. The van der Waals surface area contributed by atoms with Gasteiger partial charge in [-0.2, -0.15) is 0 Å². The number of nitrogens with one attached hydrogen (secondary N) is 1. The van der Waals surface area contributed by atoms with Crippen molar-refractivity contribution in [2.45, 2.75) is 6.04 Å². The molecule has 0 saturated heterocycles. The van der Waals surface area contributed by atoms with Crippen molar-refractivity contribution in [1.29, 1.82) is 0 Å². The number of hydrogen-bond acceptors (Lipinski definition) is 5. The molecule has 0 amide bonds. The SMILES string of the molecule is O=C(O)C(CO)Nc1ccc(O)cc1O. The number of carbonyl (C=O) groups is 1. The maximum atomic E-state index is 10.6. The summed E-state index contributed by atoms with van der Waals surface area (Å²) >= 11 is 0. The van der Waals surface area contributed by atoms with Gasteiger partial charge in [0.05, 0.1) is 12.3 Å². The van der Waals surface area contributed by atoms with Gasteiger partial charge in [-0.1, -0.05) is 0 Å². The zero-order valence-electron chi connectivity index (χ0n) is 7.71. The molecule has 6 nitrogen and oxygen atoms in total. The van der Waals surface area contributed by atoms with E-state index in [1.54, 1.807) is 0 Å². The van der Waals surface area contributed by atoms with E-state index in [9.17, 15) is 9.90 Å². The van der Waals surface area contributed by atoms with Crippen molar-refractivity contribution in [2.75, 3.05) is 11.9 Å². The molecule has 82 valence electrons. The van der Waals surface area contributed by atoms with Crippen LogP contribution in [-0.2, 0) is 4.79 Å². The van der Waals surface area contributed by atoms with E-state index in [2.05, 4.69) is 5.32 Å². The fourth-order valence-electron chi connectivity index (χ4n) is 1.02. The highest BCUT2D eigenvalue weighted by atomic mass is 16.4. The molecule has 0 aromatic heterocycles. The first-order valence-electron chi connectivity index (χ1n) is 4.16. The van der Waals surface area contributed by atoms with Crippen molar-refractivity contribution in [3.8, 4) is 11.5 Å². The van der Waals surface area contributed by atoms with Gasteiger partial charge in [0.1, 0.15) is 17.5 Å². The molecule has 6 heteroatoms. The highest BCUT2D eigenvalue weighted by Gasteiger charge is 2.17. The number of anilines is 1. The van der Waals surface area contributed by atoms with Crippen LogP contribution in [0.3, 0.4) is 0 Å². The topological polar surface area (TPSA) is 110 Å². The first-order chi connectivity index (χ1) is 7.04. The summed E-state index contributed by atoms with van der Waals surface area (Å²) in [5.41, 5.74) is 0.134. The van der Waals surface area contributed by atoms with E-state index in [-0.39, 0.29) is 17.2 Å². The summed E-state index contributed by atoms with van der Waals surface area (Å²) in [6, 6.07) is 2.48. The lowest BCUT2D eigenvalue weighted by molar-refractivity contribution is -0.138. The Morgan fingerprint density at radius 3 is 2.53 bits per heavy atom. The molecule has 0 fully saturated rings. The lowest BCUT2D eigenvalue weighted by Gasteiger charge is -2.14. The van der Waals surface area contributed by atoms with Crippen LogP contribution in [0.1, 0.15) is 0 Å². The lowest BCUT2D eigenvalue weighted by atomic mass is 10.2. The zero-order chi connectivity index (χ0) is 11.4. The highest BCUT2D eigenvalue weighted by molar-refractivity contribution is 5.78. The average Bonchev–Trinajstić information content (AvgIpc) is 2.16. The van der Waals surface area contributed by atoms with E-state index < -0.39 is 18.6 Å². The van der Waals surface area contributed by atoms with Crippen molar-refractivity contribution in [3.05, 3.63) is 18.2 Å². The van der Waals surface area contributed by atoms with Crippen LogP contribution in [0.4, 0.5) is 5.69 Å². The van der Waals surface area contributed by atoms with Crippen LogP contribution in [-0.4, -0.2) is 39.0 Å². The van der Waals surface area contributed by atoms with Gasteiger partial charge in [-0.05, 0) is 12.1 Å². The quantitative estimate of drug-likeness (QED) is 0.354. The highest BCUT2D eigenvalue weighted by Crippen LogP contribution is 2.27. The summed E-state index contributed by atoms with van der Waals surface area (Å²) in [6.07, 6.45) is 0. The Kier molecular flexibility index (Phi) is 3.35. The molecule has 0 radical (unpaired) electrons. The predicted molar refractivity (Wildman–Crippen MR) is 51.9 cm³/mol. The lowest BCUT2D eigenvalue weighted by Crippen LogP contribution is -2.32. The number of aliphatic hydroxyl groups is 1. The van der Waals surface area contributed by atoms with Crippen LogP contribution < -0.4 is 5.32 Å². The van der Waals surface area contributed by atoms with Gasteiger partial charge >= 0.3 is 5.97 Å². The molecule has 0 bridgehead atoms. The van der Waals surface area contributed by atoms with E-state index in [0.29, 0.717) is 0 Å². The van der Waals surface area contributed by atoms with Crippen molar-refractivity contribution in [3.63, 3.8) is 0 Å². The minimum atomic E-state index is -1.23. The van der Waals surface area contributed by atoms with Crippen LogP contribution in [0.5, 0.6) is 11.5 Å². The Balaban J connectivity index is 2.84. The summed E-state index contributed by atoms with van der Waals surface area (Å²) in [4.78, 5) is 10.6. The molecule has 0 heterocycles. The molecule has 1 unspecified atom stereocenters. The molecule has 0 aliphatic carbocycles. The standard InChI is InChI=1S/C9H11NO5/c11-4-7(9(14)15)10-6-2-1-5(12)3-8(6)13/h1-3,7,10-13H,4H2,(H,14,15). The number of rotatable bonds is 4. The number of aliphatic carboxylic acids is 1. The minimum Gasteiger partial charge on any atom is -0.508 e. The van der Waals surface area contributed by atoms with Gasteiger partial charge in [0.15, 0.2) is 0 Å². The molecule has 0 spiro atoms. The first-order valence-corrected chi connectivity index (χ1v) is 4.16.